The first kappa shape index (κ1) is 16.2. The van der Waals surface area contributed by atoms with E-state index in [-0.39, 0.29) is 11.7 Å². The zero-order valence-electron chi connectivity index (χ0n) is 14.2. The molecule has 0 spiro atoms. The van der Waals surface area contributed by atoms with Crippen molar-refractivity contribution in [2.75, 3.05) is 18.1 Å². The van der Waals surface area contributed by atoms with Gasteiger partial charge in [0.05, 0.1) is 12.2 Å². The fourth-order valence-electron chi connectivity index (χ4n) is 2.81. The molecule has 3 rings (SSSR count). The topological polar surface area (TPSA) is 46.6 Å². The number of nitrogens with zero attached hydrogens (tertiary/aromatic N) is 1. The lowest BCUT2D eigenvalue weighted by molar-refractivity contribution is 0.0973. The zero-order valence-corrected chi connectivity index (χ0v) is 14.2. The van der Waals surface area contributed by atoms with Crippen LogP contribution in [0.1, 0.15) is 53.0 Å². The molecule has 24 heavy (non-hydrogen) atoms. The third-order valence-electron chi connectivity index (χ3n) is 4.30. The number of ketones is 1. The van der Waals surface area contributed by atoms with Crippen molar-refractivity contribution < 1.29 is 14.3 Å². The number of fused-ring (bicyclic) bond motifs is 1. The van der Waals surface area contributed by atoms with Gasteiger partial charge < -0.3 is 9.64 Å². The number of hydrogen-bond acceptors (Lipinski definition) is 3. The van der Waals surface area contributed by atoms with E-state index in [0.717, 1.165) is 0 Å². The minimum absolute atomic E-state index is 0.0305. The normalized spacial score (nSPS) is 13.4. The number of anilines is 1. The van der Waals surface area contributed by atoms with Crippen LogP contribution in [-0.2, 0) is 0 Å². The lowest BCUT2D eigenvalue weighted by Crippen LogP contribution is -2.38. The highest BCUT2D eigenvalue weighted by molar-refractivity contribution is 6.08. The standard InChI is InChI=1S/C20H21NO3/c1-13(2)15-4-6-16(7-5-15)20(23)21-10-11-24-19-9-8-17(14(3)22)12-18(19)21/h4-9,12-13H,10-11H2,1-3H3. The molecule has 2 aromatic carbocycles. The minimum atomic E-state index is -0.0736. The van der Waals surface area contributed by atoms with Crippen LogP contribution in [0, 0.1) is 0 Å². The van der Waals surface area contributed by atoms with Crippen molar-refractivity contribution in [3.8, 4) is 5.75 Å². The molecule has 1 heterocycles. The Morgan fingerprint density at radius 2 is 1.71 bits per heavy atom. The second-order valence-corrected chi connectivity index (χ2v) is 6.32. The lowest BCUT2D eigenvalue weighted by Gasteiger charge is -2.30. The summed E-state index contributed by atoms with van der Waals surface area (Å²) in [5.74, 6) is 0.961. The molecule has 0 atom stereocenters. The molecule has 1 aliphatic rings. The van der Waals surface area contributed by atoms with E-state index in [1.54, 1.807) is 23.1 Å². The molecule has 124 valence electrons. The number of rotatable bonds is 3. The van der Waals surface area contributed by atoms with Crippen molar-refractivity contribution in [2.45, 2.75) is 26.7 Å². The van der Waals surface area contributed by atoms with Gasteiger partial charge in [-0.2, -0.15) is 0 Å². The third kappa shape index (κ3) is 3.04. The number of carbonyl (C=O) groups is 2. The second-order valence-electron chi connectivity index (χ2n) is 6.32. The Labute approximate surface area is 142 Å². The van der Waals surface area contributed by atoms with Crippen molar-refractivity contribution >= 4 is 17.4 Å². The average Bonchev–Trinajstić information content (AvgIpc) is 2.60. The molecule has 0 unspecified atom stereocenters. The molecule has 1 aliphatic heterocycles. The first-order valence-corrected chi connectivity index (χ1v) is 8.17. The van der Waals surface area contributed by atoms with Gasteiger partial charge >= 0.3 is 0 Å². The van der Waals surface area contributed by atoms with E-state index < -0.39 is 0 Å². The maximum atomic E-state index is 12.9. The summed E-state index contributed by atoms with van der Waals surface area (Å²) < 4.78 is 5.62. The Morgan fingerprint density at radius 3 is 2.33 bits per heavy atom. The summed E-state index contributed by atoms with van der Waals surface area (Å²) in [7, 11) is 0. The predicted octanol–water partition coefficient (Wildman–Crippen LogP) is 4.05. The summed E-state index contributed by atoms with van der Waals surface area (Å²) >= 11 is 0. The van der Waals surface area contributed by atoms with Crippen LogP contribution in [-0.4, -0.2) is 24.8 Å². The summed E-state index contributed by atoms with van der Waals surface area (Å²) in [5.41, 5.74) is 3.08. The highest BCUT2D eigenvalue weighted by Gasteiger charge is 2.25. The van der Waals surface area contributed by atoms with E-state index >= 15 is 0 Å². The largest absolute Gasteiger partial charge is 0.490 e. The molecular weight excluding hydrogens is 302 g/mol. The second kappa shape index (κ2) is 6.48. The maximum Gasteiger partial charge on any atom is 0.258 e. The van der Waals surface area contributed by atoms with Gasteiger partial charge in [0.2, 0.25) is 0 Å². The van der Waals surface area contributed by atoms with Crippen LogP contribution in [0.15, 0.2) is 42.5 Å². The van der Waals surface area contributed by atoms with E-state index in [9.17, 15) is 9.59 Å². The van der Waals surface area contributed by atoms with E-state index in [1.165, 1.54) is 12.5 Å². The molecule has 0 fully saturated rings. The van der Waals surface area contributed by atoms with E-state index in [1.807, 2.05) is 24.3 Å². The molecule has 0 N–H and O–H groups in total. The summed E-state index contributed by atoms with van der Waals surface area (Å²) in [6.45, 7) is 6.68. The molecule has 0 saturated heterocycles. The molecule has 0 radical (unpaired) electrons. The molecule has 0 aromatic heterocycles. The number of carbonyl (C=O) groups excluding carboxylic acids is 2. The molecule has 4 heteroatoms. The summed E-state index contributed by atoms with van der Waals surface area (Å²) in [4.78, 5) is 26.2. The van der Waals surface area contributed by atoms with E-state index in [4.69, 9.17) is 4.74 Å². The van der Waals surface area contributed by atoms with Gasteiger partial charge in [-0.05, 0) is 48.7 Å². The summed E-state index contributed by atoms with van der Waals surface area (Å²) in [6.07, 6.45) is 0. The average molecular weight is 323 g/mol. The van der Waals surface area contributed by atoms with Gasteiger partial charge in [0.15, 0.2) is 5.78 Å². The van der Waals surface area contributed by atoms with Crippen LogP contribution < -0.4 is 9.64 Å². The van der Waals surface area contributed by atoms with Crippen molar-refractivity contribution in [1.29, 1.82) is 0 Å². The smallest absolute Gasteiger partial charge is 0.258 e. The molecule has 2 aromatic rings. The Balaban J connectivity index is 1.94. The van der Waals surface area contributed by atoms with E-state index in [0.29, 0.717) is 41.6 Å². The van der Waals surface area contributed by atoms with Gasteiger partial charge in [-0.3, -0.25) is 9.59 Å². The maximum absolute atomic E-state index is 12.9. The first-order valence-electron chi connectivity index (χ1n) is 8.17. The van der Waals surface area contributed by atoms with Crippen LogP contribution in [0.4, 0.5) is 5.69 Å². The van der Waals surface area contributed by atoms with Gasteiger partial charge in [0, 0.05) is 11.1 Å². The Kier molecular flexibility index (Phi) is 4.38. The van der Waals surface area contributed by atoms with Crippen molar-refractivity contribution in [3.63, 3.8) is 0 Å². The van der Waals surface area contributed by atoms with Crippen LogP contribution in [0.3, 0.4) is 0 Å². The molecule has 4 nitrogen and oxygen atoms in total. The van der Waals surface area contributed by atoms with Crippen molar-refractivity contribution in [2.24, 2.45) is 0 Å². The SMILES string of the molecule is CC(=O)c1ccc2c(c1)N(C(=O)c1ccc(C(C)C)cc1)CCO2. The lowest BCUT2D eigenvalue weighted by atomic mass is 10.0. The van der Waals surface area contributed by atoms with Gasteiger partial charge in [0.25, 0.3) is 5.91 Å². The minimum Gasteiger partial charge on any atom is -0.490 e. The third-order valence-corrected chi connectivity index (χ3v) is 4.30. The van der Waals surface area contributed by atoms with Gasteiger partial charge in [0.1, 0.15) is 12.4 Å². The van der Waals surface area contributed by atoms with Crippen LogP contribution >= 0.6 is 0 Å². The molecule has 0 saturated carbocycles. The monoisotopic (exact) mass is 323 g/mol. The van der Waals surface area contributed by atoms with Crippen LogP contribution in [0.2, 0.25) is 0 Å². The first-order chi connectivity index (χ1) is 11.5. The van der Waals surface area contributed by atoms with Crippen LogP contribution in [0.5, 0.6) is 5.75 Å². The van der Waals surface area contributed by atoms with Gasteiger partial charge in [-0.1, -0.05) is 26.0 Å². The molecule has 0 aliphatic carbocycles. The molecule has 1 amide bonds. The summed E-state index contributed by atoms with van der Waals surface area (Å²) in [6, 6.07) is 12.9. The number of hydrogen-bond donors (Lipinski definition) is 0. The number of benzene rings is 2. The predicted molar refractivity (Wildman–Crippen MR) is 94.1 cm³/mol. The molecule has 0 bridgehead atoms. The Bertz CT molecular complexity index is 778. The number of Topliss-reactive ketones (excluding diaryl/α,β-unsaturated/α-hetero) is 1. The van der Waals surface area contributed by atoms with E-state index in [2.05, 4.69) is 13.8 Å². The quantitative estimate of drug-likeness (QED) is 0.801. The Hall–Kier alpha value is -2.62. The van der Waals surface area contributed by atoms with Gasteiger partial charge in [-0.15, -0.1) is 0 Å². The Morgan fingerprint density at radius 1 is 1.04 bits per heavy atom. The van der Waals surface area contributed by atoms with Crippen LogP contribution in [0.25, 0.3) is 0 Å². The fourth-order valence-corrected chi connectivity index (χ4v) is 2.81. The van der Waals surface area contributed by atoms with Crippen molar-refractivity contribution in [3.05, 3.63) is 59.2 Å². The highest BCUT2D eigenvalue weighted by Crippen LogP contribution is 2.33. The highest BCUT2D eigenvalue weighted by atomic mass is 16.5. The number of amides is 1. The molecular formula is C20H21NO3. The fraction of sp³-hybridized carbons (Fsp3) is 0.300. The number of ether oxygens (including phenoxy) is 1. The van der Waals surface area contributed by atoms with Gasteiger partial charge in [-0.25, -0.2) is 0 Å². The zero-order chi connectivity index (χ0) is 17.3. The van der Waals surface area contributed by atoms with Crippen molar-refractivity contribution in [1.82, 2.24) is 0 Å². The summed E-state index contributed by atoms with van der Waals surface area (Å²) in [5, 5.41) is 0.